The predicted molar refractivity (Wildman–Crippen MR) is 80.4 cm³/mol. The molecule has 1 saturated carbocycles. The Kier molecular flexibility index (Phi) is 4.95. The maximum atomic E-state index is 13.0. The molecule has 0 spiro atoms. The molecule has 1 aliphatic heterocycles. The number of amides is 1. The standard InChI is InChI=1S/C14H26N2O4S/c1-11-9-16(10-12(2)20-11)13(17)14(15-21(3,18)19)7-5-4-6-8-14/h11-12,15H,4-10H2,1-3H3/t11-,12-/m1/s1. The summed E-state index contributed by atoms with van der Waals surface area (Å²) in [6.45, 7) is 4.92. The maximum Gasteiger partial charge on any atom is 0.244 e. The van der Waals surface area contributed by atoms with Crippen LogP contribution in [0.15, 0.2) is 0 Å². The van der Waals surface area contributed by atoms with Gasteiger partial charge in [-0.1, -0.05) is 19.3 Å². The van der Waals surface area contributed by atoms with Crippen molar-refractivity contribution in [3.05, 3.63) is 0 Å². The minimum atomic E-state index is -3.42. The smallest absolute Gasteiger partial charge is 0.244 e. The molecular weight excluding hydrogens is 292 g/mol. The average Bonchev–Trinajstić information content (AvgIpc) is 2.35. The molecule has 0 aromatic carbocycles. The fourth-order valence-corrected chi connectivity index (χ4v) is 4.52. The van der Waals surface area contributed by atoms with Gasteiger partial charge in [0.25, 0.3) is 0 Å². The summed E-state index contributed by atoms with van der Waals surface area (Å²) in [5, 5.41) is 0. The highest BCUT2D eigenvalue weighted by Crippen LogP contribution is 2.31. The number of sulfonamides is 1. The Morgan fingerprint density at radius 2 is 1.67 bits per heavy atom. The molecule has 0 aromatic heterocycles. The van der Waals surface area contributed by atoms with Crippen molar-refractivity contribution >= 4 is 15.9 Å². The van der Waals surface area contributed by atoms with Crippen LogP contribution in [0.3, 0.4) is 0 Å². The van der Waals surface area contributed by atoms with E-state index >= 15 is 0 Å². The molecular formula is C14H26N2O4S. The molecule has 21 heavy (non-hydrogen) atoms. The Morgan fingerprint density at radius 3 is 2.14 bits per heavy atom. The van der Waals surface area contributed by atoms with E-state index in [9.17, 15) is 13.2 Å². The van der Waals surface area contributed by atoms with Gasteiger partial charge in [0.1, 0.15) is 5.54 Å². The van der Waals surface area contributed by atoms with Crippen molar-refractivity contribution in [2.75, 3.05) is 19.3 Å². The molecule has 0 aromatic rings. The highest BCUT2D eigenvalue weighted by molar-refractivity contribution is 7.88. The number of morpholine rings is 1. The molecule has 2 aliphatic rings. The second-order valence-corrected chi connectivity index (χ2v) is 8.23. The van der Waals surface area contributed by atoms with E-state index in [1.165, 1.54) is 0 Å². The van der Waals surface area contributed by atoms with Gasteiger partial charge < -0.3 is 9.64 Å². The summed E-state index contributed by atoms with van der Waals surface area (Å²) < 4.78 is 31.7. The van der Waals surface area contributed by atoms with Crippen molar-refractivity contribution < 1.29 is 17.9 Å². The Hall–Kier alpha value is -0.660. The molecule has 1 amide bonds. The van der Waals surface area contributed by atoms with E-state index in [0.29, 0.717) is 25.9 Å². The van der Waals surface area contributed by atoms with E-state index in [4.69, 9.17) is 4.74 Å². The SMILES string of the molecule is C[C@@H]1CN(C(=O)C2(NS(C)(=O)=O)CCCCC2)C[C@@H](C)O1. The zero-order valence-electron chi connectivity index (χ0n) is 13.1. The van der Waals surface area contributed by atoms with Gasteiger partial charge >= 0.3 is 0 Å². The van der Waals surface area contributed by atoms with Crippen LogP contribution < -0.4 is 4.72 Å². The van der Waals surface area contributed by atoms with Crippen LogP contribution in [0.1, 0.15) is 46.0 Å². The first-order chi connectivity index (χ1) is 9.72. The zero-order valence-corrected chi connectivity index (χ0v) is 13.9. The highest BCUT2D eigenvalue weighted by Gasteiger charge is 2.45. The molecule has 2 atom stereocenters. The minimum Gasteiger partial charge on any atom is -0.372 e. The first-order valence-corrected chi connectivity index (χ1v) is 9.55. The lowest BCUT2D eigenvalue weighted by Gasteiger charge is -2.43. The van der Waals surface area contributed by atoms with Crippen LogP contribution in [0.4, 0.5) is 0 Å². The van der Waals surface area contributed by atoms with Crippen LogP contribution in [0, 0.1) is 0 Å². The molecule has 1 N–H and O–H groups in total. The van der Waals surface area contributed by atoms with Crippen molar-refractivity contribution in [2.45, 2.75) is 63.7 Å². The van der Waals surface area contributed by atoms with E-state index in [0.717, 1.165) is 25.5 Å². The third-order valence-corrected chi connectivity index (χ3v) is 4.97. The number of carbonyl (C=O) groups is 1. The Morgan fingerprint density at radius 1 is 1.14 bits per heavy atom. The van der Waals surface area contributed by atoms with Crippen molar-refractivity contribution in [1.29, 1.82) is 0 Å². The van der Waals surface area contributed by atoms with E-state index in [1.807, 2.05) is 13.8 Å². The van der Waals surface area contributed by atoms with Crippen LogP contribution in [-0.2, 0) is 19.6 Å². The molecule has 0 radical (unpaired) electrons. The summed E-state index contributed by atoms with van der Waals surface area (Å²) in [5.74, 6) is -0.0883. The molecule has 1 aliphatic carbocycles. The lowest BCUT2D eigenvalue weighted by molar-refractivity contribution is -0.150. The van der Waals surface area contributed by atoms with Gasteiger partial charge in [-0.25, -0.2) is 8.42 Å². The molecule has 1 heterocycles. The number of rotatable bonds is 3. The number of nitrogens with zero attached hydrogens (tertiary/aromatic N) is 1. The minimum absolute atomic E-state index is 0.0171. The van der Waals surface area contributed by atoms with E-state index in [-0.39, 0.29) is 18.1 Å². The third-order valence-electron chi connectivity index (χ3n) is 4.20. The second kappa shape index (κ2) is 6.22. The summed E-state index contributed by atoms with van der Waals surface area (Å²) in [7, 11) is -3.42. The summed E-state index contributed by atoms with van der Waals surface area (Å²) >= 11 is 0. The second-order valence-electron chi connectivity index (χ2n) is 6.48. The zero-order chi connectivity index (χ0) is 15.7. The molecule has 1 saturated heterocycles. The molecule has 122 valence electrons. The number of hydrogen-bond acceptors (Lipinski definition) is 4. The molecule has 0 unspecified atom stereocenters. The summed E-state index contributed by atoms with van der Waals surface area (Å²) in [6, 6.07) is 0. The molecule has 0 bridgehead atoms. The van der Waals surface area contributed by atoms with Gasteiger partial charge in [-0.2, -0.15) is 4.72 Å². The highest BCUT2D eigenvalue weighted by atomic mass is 32.2. The van der Waals surface area contributed by atoms with Gasteiger partial charge in [0.15, 0.2) is 0 Å². The lowest BCUT2D eigenvalue weighted by Crippen LogP contribution is -2.63. The van der Waals surface area contributed by atoms with Crippen LogP contribution >= 0.6 is 0 Å². The van der Waals surface area contributed by atoms with E-state index in [2.05, 4.69) is 4.72 Å². The normalized spacial score (nSPS) is 30.1. The van der Waals surface area contributed by atoms with Crippen molar-refractivity contribution in [3.8, 4) is 0 Å². The molecule has 2 fully saturated rings. The molecule has 7 heteroatoms. The number of hydrogen-bond donors (Lipinski definition) is 1. The van der Waals surface area contributed by atoms with Crippen molar-refractivity contribution in [3.63, 3.8) is 0 Å². The van der Waals surface area contributed by atoms with Gasteiger partial charge in [-0.05, 0) is 26.7 Å². The predicted octanol–water partition coefficient (Wildman–Crippen LogP) is 0.874. The Bertz CT molecular complexity index is 475. The topological polar surface area (TPSA) is 75.7 Å². The number of ether oxygens (including phenoxy) is 1. The van der Waals surface area contributed by atoms with Crippen molar-refractivity contribution in [1.82, 2.24) is 9.62 Å². The number of nitrogens with one attached hydrogen (secondary N) is 1. The summed E-state index contributed by atoms with van der Waals surface area (Å²) in [4.78, 5) is 14.8. The van der Waals surface area contributed by atoms with Crippen LogP contribution in [-0.4, -0.2) is 56.3 Å². The van der Waals surface area contributed by atoms with Crippen molar-refractivity contribution in [2.24, 2.45) is 0 Å². The van der Waals surface area contributed by atoms with Gasteiger partial charge in [0.05, 0.1) is 18.5 Å². The summed E-state index contributed by atoms with van der Waals surface area (Å²) in [6.07, 6.45) is 5.07. The van der Waals surface area contributed by atoms with Crippen LogP contribution in [0.5, 0.6) is 0 Å². The number of carbonyl (C=O) groups excluding carboxylic acids is 1. The van der Waals surface area contributed by atoms with Gasteiger partial charge in [0.2, 0.25) is 15.9 Å². The first-order valence-electron chi connectivity index (χ1n) is 7.66. The molecule has 6 nitrogen and oxygen atoms in total. The monoisotopic (exact) mass is 318 g/mol. The van der Waals surface area contributed by atoms with Crippen LogP contribution in [0.25, 0.3) is 0 Å². The first kappa shape index (κ1) is 16.7. The maximum absolute atomic E-state index is 13.0. The van der Waals surface area contributed by atoms with E-state index < -0.39 is 15.6 Å². The lowest BCUT2D eigenvalue weighted by atomic mass is 9.81. The quantitative estimate of drug-likeness (QED) is 0.838. The van der Waals surface area contributed by atoms with Gasteiger partial charge in [-0.3, -0.25) is 4.79 Å². The Labute approximate surface area is 127 Å². The molecule has 2 rings (SSSR count). The van der Waals surface area contributed by atoms with Gasteiger partial charge in [-0.15, -0.1) is 0 Å². The third kappa shape index (κ3) is 4.17. The fourth-order valence-electron chi connectivity index (χ4n) is 3.52. The van der Waals surface area contributed by atoms with E-state index in [1.54, 1.807) is 4.90 Å². The largest absolute Gasteiger partial charge is 0.372 e. The Balaban J connectivity index is 2.21. The fraction of sp³-hybridized carbons (Fsp3) is 0.929. The van der Waals surface area contributed by atoms with Gasteiger partial charge in [0, 0.05) is 13.1 Å². The van der Waals surface area contributed by atoms with Crippen LogP contribution in [0.2, 0.25) is 0 Å². The average molecular weight is 318 g/mol. The summed E-state index contributed by atoms with van der Waals surface area (Å²) in [5.41, 5.74) is -0.956.